The summed E-state index contributed by atoms with van der Waals surface area (Å²) < 4.78 is 11.0. The highest BCUT2D eigenvalue weighted by molar-refractivity contribution is 6.26. The Kier molecular flexibility index (Phi) is 4.76. The maximum absolute atomic E-state index is 13.8. The van der Waals surface area contributed by atoms with Gasteiger partial charge in [0.1, 0.15) is 6.61 Å². The minimum absolute atomic E-state index is 0.0200. The van der Waals surface area contributed by atoms with Gasteiger partial charge < -0.3 is 36.3 Å². The van der Waals surface area contributed by atoms with Crippen LogP contribution in [0.1, 0.15) is 33.1 Å². The zero-order valence-electron chi connectivity index (χ0n) is 19.3. The number of primary amides is 1. The van der Waals surface area contributed by atoms with Crippen molar-refractivity contribution in [3.8, 4) is 0 Å². The molecular weight excluding hydrogens is 444 g/mol. The molecule has 0 aromatic carbocycles. The molecule has 3 aliphatic heterocycles. The molecule has 0 unspecified atom stereocenters. The number of rotatable bonds is 5. The Morgan fingerprint density at radius 3 is 2.53 bits per heavy atom. The molecule has 3 heterocycles. The molecule has 4 atom stereocenters. The number of allylic oxidation sites excluding steroid dienone is 4. The number of nitrogens with one attached hydrogen (secondary N) is 1. The molecule has 2 fully saturated rings. The van der Waals surface area contributed by atoms with Crippen molar-refractivity contribution in [2.24, 2.45) is 22.8 Å². The number of ether oxygens (including phenoxy) is 2. The second kappa shape index (κ2) is 7.16. The fourth-order valence-electron chi connectivity index (χ4n) is 6.12. The van der Waals surface area contributed by atoms with Crippen LogP contribution >= 0.6 is 0 Å². The lowest BCUT2D eigenvalue weighted by molar-refractivity contribution is -0.137. The van der Waals surface area contributed by atoms with Crippen molar-refractivity contribution in [3.63, 3.8) is 0 Å². The van der Waals surface area contributed by atoms with Crippen molar-refractivity contribution < 1.29 is 33.8 Å². The predicted octanol–water partition coefficient (Wildman–Crippen LogP) is -0.0798. The Hall–Kier alpha value is -3.18. The van der Waals surface area contributed by atoms with Crippen molar-refractivity contribution in [1.82, 2.24) is 10.2 Å². The molecule has 2 saturated heterocycles. The third-order valence-electron chi connectivity index (χ3n) is 7.65. The van der Waals surface area contributed by atoms with Gasteiger partial charge in [-0.25, -0.2) is 4.79 Å². The van der Waals surface area contributed by atoms with E-state index in [2.05, 4.69) is 5.32 Å². The standard InChI is InChI=1S/C23H28N4O7/c1-22(2)5-13(28)9(14(29)6-22)4-10-16(24)19(31)15-11(8-34-21(25)32)23(33-3)20-12(26-20)7-27(23)17(15)18(10)30/h11-12,20,26,28H,4-8,24H2,1-3H3,(H2,25,32)/t11-,12+,20+,23-/m1/s1. The molecule has 0 aromatic heterocycles. The minimum Gasteiger partial charge on any atom is -0.512 e. The smallest absolute Gasteiger partial charge is 0.404 e. The van der Waals surface area contributed by atoms with Crippen LogP contribution in [0.5, 0.6) is 0 Å². The van der Waals surface area contributed by atoms with Crippen molar-refractivity contribution in [1.29, 1.82) is 0 Å². The topological polar surface area (TPSA) is 184 Å². The van der Waals surface area contributed by atoms with Gasteiger partial charge in [-0.2, -0.15) is 0 Å². The molecule has 2 aliphatic carbocycles. The van der Waals surface area contributed by atoms with Gasteiger partial charge in [0, 0.05) is 55.7 Å². The van der Waals surface area contributed by atoms with Crippen LogP contribution in [0, 0.1) is 11.3 Å². The number of Topliss-reactive ketones (excluding diaryl/α,β-unsaturated/α-hetero) is 3. The van der Waals surface area contributed by atoms with Gasteiger partial charge in [-0.15, -0.1) is 0 Å². The van der Waals surface area contributed by atoms with Gasteiger partial charge in [0.2, 0.25) is 11.6 Å². The molecule has 182 valence electrons. The van der Waals surface area contributed by atoms with Gasteiger partial charge in [0.05, 0.1) is 29.1 Å². The normalized spacial score (nSPS) is 33.9. The lowest BCUT2D eigenvalue weighted by atomic mass is 9.74. The second-order valence-corrected chi connectivity index (χ2v) is 10.4. The first kappa shape index (κ1) is 22.6. The molecule has 0 saturated carbocycles. The van der Waals surface area contributed by atoms with Gasteiger partial charge in [-0.05, 0) is 5.41 Å². The van der Waals surface area contributed by atoms with E-state index in [1.807, 2.05) is 13.8 Å². The average Bonchev–Trinajstić information content (AvgIpc) is 3.35. The van der Waals surface area contributed by atoms with E-state index in [1.165, 1.54) is 7.11 Å². The Balaban J connectivity index is 1.55. The van der Waals surface area contributed by atoms with Crippen molar-refractivity contribution >= 4 is 23.4 Å². The number of carbonyl (C=O) groups excluding carboxylic acids is 4. The number of ketones is 3. The first-order chi connectivity index (χ1) is 15.9. The van der Waals surface area contributed by atoms with Crippen molar-refractivity contribution in [2.45, 2.75) is 50.9 Å². The van der Waals surface area contributed by atoms with E-state index in [-0.39, 0.29) is 77.6 Å². The molecule has 1 amide bonds. The summed E-state index contributed by atoms with van der Waals surface area (Å²) in [6, 6.07) is -0.127. The molecule has 0 spiro atoms. The molecule has 0 bridgehead atoms. The number of fused-ring (bicyclic) bond motifs is 4. The molecule has 5 rings (SSSR count). The number of piperazine rings is 1. The Labute approximate surface area is 195 Å². The van der Waals surface area contributed by atoms with Crippen LogP contribution in [0.4, 0.5) is 4.79 Å². The number of aliphatic hydroxyl groups is 1. The number of aliphatic hydroxyl groups excluding tert-OH is 1. The van der Waals surface area contributed by atoms with Crippen molar-refractivity contribution in [2.75, 3.05) is 20.3 Å². The highest BCUT2D eigenvalue weighted by Crippen LogP contribution is 2.56. The van der Waals surface area contributed by atoms with Gasteiger partial charge in [-0.1, -0.05) is 13.8 Å². The lowest BCUT2D eigenvalue weighted by Gasteiger charge is -2.39. The van der Waals surface area contributed by atoms with Gasteiger partial charge in [-0.3, -0.25) is 14.4 Å². The highest BCUT2D eigenvalue weighted by Gasteiger charge is 2.72. The lowest BCUT2D eigenvalue weighted by Crippen LogP contribution is -2.55. The molecule has 34 heavy (non-hydrogen) atoms. The van der Waals surface area contributed by atoms with E-state index in [9.17, 15) is 24.3 Å². The average molecular weight is 472 g/mol. The Morgan fingerprint density at radius 2 is 1.91 bits per heavy atom. The minimum atomic E-state index is -1.11. The van der Waals surface area contributed by atoms with Crippen LogP contribution in [0.25, 0.3) is 0 Å². The second-order valence-electron chi connectivity index (χ2n) is 10.4. The molecular formula is C23H28N4O7. The fourth-order valence-corrected chi connectivity index (χ4v) is 6.12. The van der Waals surface area contributed by atoms with E-state index in [4.69, 9.17) is 20.9 Å². The number of hydrogen-bond acceptors (Lipinski definition) is 10. The highest BCUT2D eigenvalue weighted by atomic mass is 16.6. The van der Waals surface area contributed by atoms with Gasteiger partial charge in [0.25, 0.3) is 0 Å². The fraction of sp³-hybridized carbons (Fsp3) is 0.565. The summed E-state index contributed by atoms with van der Waals surface area (Å²) >= 11 is 0. The Morgan fingerprint density at radius 1 is 1.21 bits per heavy atom. The molecule has 11 nitrogen and oxygen atoms in total. The number of methoxy groups -OCH3 is 1. The number of hydrogen-bond donors (Lipinski definition) is 4. The molecule has 5 aliphatic rings. The maximum Gasteiger partial charge on any atom is 0.404 e. The van der Waals surface area contributed by atoms with Crippen LogP contribution in [0.15, 0.2) is 33.9 Å². The first-order valence-corrected chi connectivity index (χ1v) is 11.2. The van der Waals surface area contributed by atoms with E-state index >= 15 is 0 Å². The molecule has 11 heteroatoms. The van der Waals surface area contributed by atoms with Crippen molar-refractivity contribution in [3.05, 3.63) is 33.9 Å². The summed E-state index contributed by atoms with van der Waals surface area (Å²) in [5.74, 6) is -2.21. The maximum atomic E-state index is 13.8. The largest absolute Gasteiger partial charge is 0.512 e. The van der Waals surface area contributed by atoms with Gasteiger partial charge in [0.15, 0.2) is 11.5 Å². The zero-order valence-corrected chi connectivity index (χ0v) is 19.3. The number of amides is 1. The van der Waals surface area contributed by atoms with E-state index < -0.39 is 34.7 Å². The predicted molar refractivity (Wildman–Crippen MR) is 117 cm³/mol. The zero-order chi connectivity index (χ0) is 24.7. The quantitative estimate of drug-likeness (QED) is 0.312. The van der Waals surface area contributed by atoms with E-state index in [0.29, 0.717) is 6.54 Å². The molecule has 6 N–H and O–H groups in total. The summed E-state index contributed by atoms with van der Waals surface area (Å²) in [5, 5.41) is 13.8. The monoisotopic (exact) mass is 472 g/mol. The summed E-state index contributed by atoms with van der Waals surface area (Å²) in [5.41, 5.74) is 9.92. The van der Waals surface area contributed by atoms with Crippen LogP contribution in [0.2, 0.25) is 0 Å². The Bertz CT molecular complexity index is 1150. The first-order valence-electron chi connectivity index (χ1n) is 11.2. The third kappa shape index (κ3) is 2.96. The third-order valence-corrected chi connectivity index (χ3v) is 7.65. The summed E-state index contributed by atoms with van der Waals surface area (Å²) in [4.78, 5) is 53.1. The summed E-state index contributed by atoms with van der Waals surface area (Å²) in [6.45, 7) is 3.91. The van der Waals surface area contributed by atoms with Crippen LogP contribution < -0.4 is 16.8 Å². The van der Waals surface area contributed by atoms with Crippen LogP contribution in [-0.4, -0.2) is 71.5 Å². The SMILES string of the molecule is CO[C@@]12[C@H](COC(N)=O)C3=C(C(=O)C(CC4=C(O)CC(C)(C)CC4=O)=C(N)C3=O)N1C[C@@H]1N[C@@H]12. The number of nitrogens with two attached hydrogens (primary N) is 2. The number of carbonyl (C=O) groups is 4. The molecule has 0 radical (unpaired) electrons. The number of nitrogens with zero attached hydrogens (tertiary/aromatic N) is 1. The van der Waals surface area contributed by atoms with E-state index in [1.54, 1.807) is 4.90 Å². The van der Waals surface area contributed by atoms with E-state index in [0.717, 1.165) is 0 Å². The van der Waals surface area contributed by atoms with Crippen LogP contribution in [0.3, 0.4) is 0 Å². The van der Waals surface area contributed by atoms with Gasteiger partial charge >= 0.3 is 6.09 Å². The summed E-state index contributed by atoms with van der Waals surface area (Å²) in [7, 11) is 1.48. The summed E-state index contributed by atoms with van der Waals surface area (Å²) in [6.07, 6.45) is -0.728. The molecule has 0 aromatic rings. The van der Waals surface area contributed by atoms with Crippen LogP contribution in [-0.2, 0) is 23.9 Å².